The number of nitrogens with zero attached hydrogens (tertiary/aromatic N) is 1. The predicted octanol–water partition coefficient (Wildman–Crippen LogP) is 1.62. The molecular weight excluding hydrogens is 188 g/mol. The van der Waals surface area contributed by atoms with Crippen LogP contribution in [0.25, 0.3) is 0 Å². The Labute approximate surface area is 93.0 Å². The molecule has 1 amide bonds. The van der Waals surface area contributed by atoms with Crippen LogP contribution in [0.15, 0.2) is 0 Å². The van der Waals surface area contributed by atoms with Gasteiger partial charge in [-0.2, -0.15) is 0 Å². The van der Waals surface area contributed by atoms with E-state index < -0.39 is 0 Å². The van der Waals surface area contributed by atoms with E-state index in [1.54, 1.807) is 0 Å². The normalized spacial score (nSPS) is 23.1. The van der Waals surface area contributed by atoms with E-state index in [9.17, 15) is 4.79 Å². The van der Waals surface area contributed by atoms with Crippen LogP contribution in [0.4, 0.5) is 0 Å². The van der Waals surface area contributed by atoms with E-state index in [2.05, 4.69) is 13.8 Å². The summed E-state index contributed by atoms with van der Waals surface area (Å²) in [6.45, 7) is 6.85. The Morgan fingerprint density at radius 1 is 1.60 bits per heavy atom. The molecule has 2 N–H and O–H groups in total. The van der Waals surface area contributed by atoms with Crippen molar-refractivity contribution in [3.63, 3.8) is 0 Å². The fraction of sp³-hybridized carbons (Fsp3) is 0.917. The highest BCUT2D eigenvalue weighted by Gasteiger charge is 2.25. The van der Waals surface area contributed by atoms with Crippen molar-refractivity contribution >= 4 is 5.91 Å². The van der Waals surface area contributed by atoms with Crippen LogP contribution in [0.5, 0.6) is 0 Å². The van der Waals surface area contributed by atoms with Gasteiger partial charge in [-0.3, -0.25) is 4.79 Å². The molecule has 1 fully saturated rings. The molecule has 1 aliphatic rings. The highest BCUT2D eigenvalue weighted by molar-refractivity contribution is 5.76. The predicted molar refractivity (Wildman–Crippen MR) is 62.4 cm³/mol. The number of hydrogen-bond donors (Lipinski definition) is 1. The van der Waals surface area contributed by atoms with Gasteiger partial charge in [0.05, 0.1) is 0 Å². The van der Waals surface area contributed by atoms with Gasteiger partial charge in [-0.15, -0.1) is 0 Å². The number of likely N-dealkylation sites (tertiary alicyclic amines) is 1. The first-order valence-corrected chi connectivity index (χ1v) is 6.15. The Morgan fingerprint density at radius 2 is 2.33 bits per heavy atom. The van der Waals surface area contributed by atoms with E-state index in [-0.39, 0.29) is 0 Å². The summed E-state index contributed by atoms with van der Waals surface area (Å²) in [4.78, 5) is 13.9. The number of nitrogens with two attached hydrogens (primary N) is 1. The number of carbonyl (C=O) groups is 1. The minimum absolute atomic E-state index is 0.326. The standard InChI is InChI=1S/C12H24N2O/c1-3-4-10(2)7-12(15)14-6-5-11(8-13)9-14/h10-11H,3-9,13H2,1-2H3. The monoisotopic (exact) mass is 212 g/mol. The zero-order valence-electron chi connectivity index (χ0n) is 10.0. The van der Waals surface area contributed by atoms with Crippen molar-refractivity contribution in [2.45, 2.75) is 39.5 Å². The minimum atomic E-state index is 0.326. The third kappa shape index (κ3) is 3.82. The molecule has 2 unspecified atom stereocenters. The lowest BCUT2D eigenvalue weighted by molar-refractivity contribution is -0.131. The van der Waals surface area contributed by atoms with Gasteiger partial charge in [0.15, 0.2) is 0 Å². The largest absolute Gasteiger partial charge is 0.342 e. The summed E-state index contributed by atoms with van der Waals surface area (Å²) in [5.41, 5.74) is 5.61. The van der Waals surface area contributed by atoms with Gasteiger partial charge in [0.2, 0.25) is 5.91 Å². The molecule has 3 nitrogen and oxygen atoms in total. The van der Waals surface area contributed by atoms with Gasteiger partial charge in [-0.25, -0.2) is 0 Å². The molecule has 3 heteroatoms. The summed E-state index contributed by atoms with van der Waals surface area (Å²) >= 11 is 0. The number of hydrogen-bond acceptors (Lipinski definition) is 2. The maximum Gasteiger partial charge on any atom is 0.222 e. The molecule has 1 rings (SSSR count). The van der Waals surface area contributed by atoms with Crippen molar-refractivity contribution in [2.24, 2.45) is 17.6 Å². The molecule has 0 aromatic rings. The molecule has 0 saturated carbocycles. The van der Waals surface area contributed by atoms with Crippen molar-refractivity contribution in [2.75, 3.05) is 19.6 Å². The minimum Gasteiger partial charge on any atom is -0.342 e. The van der Waals surface area contributed by atoms with Gasteiger partial charge in [0.1, 0.15) is 0 Å². The summed E-state index contributed by atoms with van der Waals surface area (Å²) in [5.74, 6) is 1.39. The quantitative estimate of drug-likeness (QED) is 0.752. The van der Waals surface area contributed by atoms with Crippen molar-refractivity contribution in [3.8, 4) is 0 Å². The highest BCUT2D eigenvalue weighted by atomic mass is 16.2. The fourth-order valence-corrected chi connectivity index (χ4v) is 2.27. The van der Waals surface area contributed by atoms with Crippen LogP contribution in [0.3, 0.4) is 0 Å². The van der Waals surface area contributed by atoms with Crippen LogP contribution >= 0.6 is 0 Å². The summed E-state index contributed by atoms with van der Waals surface area (Å²) in [7, 11) is 0. The summed E-state index contributed by atoms with van der Waals surface area (Å²) < 4.78 is 0. The second-order valence-corrected chi connectivity index (χ2v) is 4.83. The number of rotatable bonds is 5. The maximum absolute atomic E-state index is 11.9. The molecule has 0 bridgehead atoms. The molecular formula is C12H24N2O. The third-order valence-corrected chi connectivity index (χ3v) is 3.28. The van der Waals surface area contributed by atoms with Crippen LogP contribution in [0, 0.1) is 11.8 Å². The fourth-order valence-electron chi connectivity index (χ4n) is 2.27. The van der Waals surface area contributed by atoms with Gasteiger partial charge in [-0.05, 0) is 24.8 Å². The molecule has 2 atom stereocenters. The molecule has 0 aromatic heterocycles. The molecule has 0 aromatic carbocycles. The molecule has 88 valence electrons. The topological polar surface area (TPSA) is 46.3 Å². The number of amides is 1. The van der Waals surface area contributed by atoms with E-state index >= 15 is 0 Å². The molecule has 1 saturated heterocycles. The van der Waals surface area contributed by atoms with Crippen molar-refractivity contribution in [3.05, 3.63) is 0 Å². The highest BCUT2D eigenvalue weighted by Crippen LogP contribution is 2.18. The van der Waals surface area contributed by atoms with Crippen molar-refractivity contribution < 1.29 is 4.79 Å². The smallest absolute Gasteiger partial charge is 0.222 e. The Bertz CT molecular complexity index is 206. The van der Waals surface area contributed by atoms with Gasteiger partial charge < -0.3 is 10.6 Å². The lowest BCUT2D eigenvalue weighted by Crippen LogP contribution is -2.30. The van der Waals surface area contributed by atoms with E-state index in [4.69, 9.17) is 5.73 Å². The summed E-state index contributed by atoms with van der Waals surface area (Å²) in [6.07, 6.45) is 4.12. The van der Waals surface area contributed by atoms with Crippen LogP contribution in [0.2, 0.25) is 0 Å². The summed E-state index contributed by atoms with van der Waals surface area (Å²) in [5, 5.41) is 0. The molecule has 0 radical (unpaired) electrons. The summed E-state index contributed by atoms with van der Waals surface area (Å²) in [6, 6.07) is 0. The zero-order chi connectivity index (χ0) is 11.3. The van der Waals surface area contributed by atoms with Crippen LogP contribution in [-0.2, 0) is 4.79 Å². The van der Waals surface area contributed by atoms with Gasteiger partial charge in [0, 0.05) is 19.5 Å². The Balaban J connectivity index is 2.29. The van der Waals surface area contributed by atoms with Crippen LogP contribution in [-0.4, -0.2) is 30.4 Å². The van der Waals surface area contributed by atoms with Gasteiger partial charge in [-0.1, -0.05) is 26.7 Å². The average molecular weight is 212 g/mol. The lowest BCUT2D eigenvalue weighted by Gasteiger charge is -2.18. The molecule has 0 aliphatic carbocycles. The number of carbonyl (C=O) groups excluding carboxylic acids is 1. The molecule has 15 heavy (non-hydrogen) atoms. The van der Waals surface area contributed by atoms with Gasteiger partial charge >= 0.3 is 0 Å². The first-order valence-electron chi connectivity index (χ1n) is 6.15. The van der Waals surface area contributed by atoms with Crippen molar-refractivity contribution in [1.29, 1.82) is 0 Å². The van der Waals surface area contributed by atoms with E-state index in [1.165, 1.54) is 6.42 Å². The Hall–Kier alpha value is -0.570. The SMILES string of the molecule is CCCC(C)CC(=O)N1CCC(CN)C1. The maximum atomic E-state index is 11.9. The van der Waals surface area contributed by atoms with E-state index in [0.29, 0.717) is 30.7 Å². The second-order valence-electron chi connectivity index (χ2n) is 4.83. The second kappa shape index (κ2) is 6.11. The Morgan fingerprint density at radius 3 is 2.87 bits per heavy atom. The van der Waals surface area contributed by atoms with Crippen LogP contribution < -0.4 is 5.73 Å². The third-order valence-electron chi connectivity index (χ3n) is 3.28. The van der Waals surface area contributed by atoms with Crippen LogP contribution in [0.1, 0.15) is 39.5 Å². The van der Waals surface area contributed by atoms with E-state index in [1.807, 2.05) is 4.90 Å². The Kier molecular flexibility index (Phi) is 5.09. The molecule has 1 aliphatic heterocycles. The molecule has 0 spiro atoms. The lowest BCUT2D eigenvalue weighted by atomic mass is 10.0. The van der Waals surface area contributed by atoms with E-state index in [0.717, 1.165) is 25.9 Å². The first-order chi connectivity index (χ1) is 7.17. The molecule has 1 heterocycles. The van der Waals surface area contributed by atoms with Gasteiger partial charge in [0.25, 0.3) is 0 Å². The van der Waals surface area contributed by atoms with Crippen molar-refractivity contribution in [1.82, 2.24) is 4.90 Å². The zero-order valence-corrected chi connectivity index (χ0v) is 10.0. The average Bonchev–Trinajstić information content (AvgIpc) is 2.66. The first kappa shape index (κ1) is 12.5.